The maximum atomic E-state index is 11.1. The third-order valence-corrected chi connectivity index (χ3v) is 7.18. The van der Waals surface area contributed by atoms with E-state index in [0.717, 1.165) is 37.0 Å². The molecule has 2 unspecified atom stereocenters. The van der Waals surface area contributed by atoms with E-state index in [2.05, 4.69) is 41.8 Å². The summed E-state index contributed by atoms with van der Waals surface area (Å²) >= 11 is 1.32. The topological polar surface area (TPSA) is 108 Å². The molecule has 3 atom stereocenters. The van der Waals surface area contributed by atoms with Crippen LogP contribution in [0.15, 0.2) is 41.3 Å². The molecule has 0 fully saturated rings. The van der Waals surface area contributed by atoms with Gasteiger partial charge in [-0.05, 0) is 48.6 Å². The number of anilines is 1. The van der Waals surface area contributed by atoms with E-state index in [-0.39, 0.29) is 36.6 Å². The van der Waals surface area contributed by atoms with Crippen LogP contribution in [0.4, 0.5) is 5.69 Å². The predicted molar refractivity (Wildman–Crippen MR) is 150 cm³/mol. The van der Waals surface area contributed by atoms with Crippen LogP contribution < -0.4 is 16.4 Å². The van der Waals surface area contributed by atoms with Gasteiger partial charge in [0, 0.05) is 17.5 Å². The average Bonchev–Trinajstić information content (AvgIpc) is 3.25. The van der Waals surface area contributed by atoms with Crippen molar-refractivity contribution in [2.75, 3.05) is 18.4 Å². The van der Waals surface area contributed by atoms with Crippen LogP contribution in [-0.4, -0.2) is 41.0 Å². The first-order chi connectivity index (χ1) is 16.0. The van der Waals surface area contributed by atoms with Gasteiger partial charge in [0.2, 0.25) is 0 Å². The number of nitrogens with one attached hydrogen (secondary N) is 2. The number of aldehydes is 1. The lowest BCUT2D eigenvalue weighted by atomic mass is 9.99. The predicted octanol–water partition coefficient (Wildman–Crippen LogP) is 4.98. The number of carbonyl (C=O) groups is 1. The van der Waals surface area contributed by atoms with Gasteiger partial charge in [0.25, 0.3) is 0 Å². The van der Waals surface area contributed by atoms with Crippen LogP contribution in [0.5, 0.6) is 5.75 Å². The summed E-state index contributed by atoms with van der Waals surface area (Å²) in [6.07, 6.45) is 7.92. The molecule has 35 heavy (non-hydrogen) atoms. The third kappa shape index (κ3) is 9.48. The van der Waals surface area contributed by atoms with Crippen molar-refractivity contribution in [3.63, 3.8) is 0 Å². The van der Waals surface area contributed by atoms with Crippen molar-refractivity contribution in [2.24, 2.45) is 5.73 Å². The number of phenols is 1. The van der Waals surface area contributed by atoms with Crippen LogP contribution in [0.25, 0.3) is 0 Å². The van der Waals surface area contributed by atoms with Crippen molar-refractivity contribution in [1.82, 2.24) is 5.32 Å². The maximum Gasteiger partial charge on any atom is 0.152 e. The zero-order chi connectivity index (χ0) is 23.6. The van der Waals surface area contributed by atoms with E-state index >= 15 is 0 Å². The van der Waals surface area contributed by atoms with Crippen LogP contribution in [0, 0.1) is 0 Å². The maximum absolute atomic E-state index is 11.1. The number of benzene rings is 2. The molecular formula is C26H39Cl2N3O3S. The normalized spacial score (nSPS) is 15.8. The van der Waals surface area contributed by atoms with Gasteiger partial charge in [0.1, 0.15) is 11.1 Å². The number of aliphatic hydroxyl groups is 1. The molecular weight excluding hydrogens is 505 g/mol. The number of hydrogen-bond donors (Lipinski definition) is 5. The number of rotatable bonds is 14. The van der Waals surface area contributed by atoms with Crippen LogP contribution in [-0.2, 0) is 17.6 Å². The molecule has 0 aliphatic carbocycles. The van der Waals surface area contributed by atoms with Gasteiger partial charge in [-0.15, -0.1) is 24.8 Å². The second-order valence-electron chi connectivity index (χ2n) is 8.80. The quantitative estimate of drug-likeness (QED) is 0.130. The summed E-state index contributed by atoms with van der Waals surface area (Å²) in [7, 11) is 0. The van der Waals surface area contributed by atoms with Gasteiger partial charge in [-0.2, -0.15) is 0 Å². The molecule has 2 aromatic carbocycles. The minimum Gasteiger partial charge on any atom is -0.506 e. The molecule has 0 bridgehead atoms. The van der Waals surface area contributed by atoms with Crippen LogP contribution in [0.3, 0.4) is 0 Å². The van der Waals surface area contributed by atoms with Gasteiger partial charge >= 0.3 is 0 Å². The van der Waals surface area contributed by atoms with Crippen LogP contribution in [0.1, 0.15) is 61.8 Å². The fourth-order valence-electron chi connectivity index (χ4n) is 4.21. The lowest BCUT2D eigenvalue weighted by Crippen LogP contribution is -2.24. The molecule has 196 valence electrons. The number of phenolic OH excluding ortho intramolecular Hbond substituents is 1. The van der Waals surface area contributed by atoms with Crippen molar-refractivity contribution in [3.05, 3.63) is 53.1 Å². The van der Waals surface area contributed by atoms with E-state index in [0.29, 0.717) is 17.8 Å². The monoisotopic (exact) mass is 543 g/mol. The van der Waals surface area contributed by atoms with Gasteiger partial charge < -0.3 is 31.4 Å². The molecule has 0 radical (unpaired) electrons. The summed E-state index contributed by atoms with van der Waals surface area (Å²) in [5.41, 5.74) is 10.1. The van der Waals surface area contributed by atoms with Gasteiger partial charge in [0.05, 0.1) is 11.8 Å². The van der Waals surface area contributed by atoms with Crippen LogP contribution in [0.2, 0.25) is 0 Å². The summed E-state index contributed by atoms with van der Waals surface area (Å²) < 4.78 is 0. The Morgan fingerprint density at radius 2 is 1.94 bits per heavy atom. The van der Waals surface area contributed by atoms with Crippen molar-refractivity contribution in [2.45, 2.75) is 74.3 Å². The Morgan fingerprint density at radius 1 is 1.17 bits per heavy atom. The van der Waals surface area contributed by atoms with Crippen molar-refractivity contribution in [1.29, 1.82) is 0 Å². The summed E-state index contributed by atoms with van der Waals surface area (Å²) in [4.78, 5) is 11.9. The Bertz CT molecular complexity index is 919. The van der Waals surface area contributed by atoms with Crippen LogP contribution >= 0.6 is 36.6 Å². The molecule has 0 saturated heterocycles. The first-order valence-corrected chi connectivity index (χ1v) is 12.9. The van der Waals surface area contributed by atoms with E-state index < -0.39 is 11.5 Å². The Hall–Kier alpha value is -1.48. The van der Waals surface area contributed by atoms with Crippen molar-refractivity contribution in [3.8, 4) is 5.75 Å². The van der Waals surface area contributed by atoms with E-state index in [1.165, 1.54) is 48.6 Å². The summed E-state index contributed by atoms with van der Waals surface area (Å²) in [5.74, 6) is 0.0892. The standard InChI is InChI=1S/C26H37N3O3S.2ClH/c1-2-3-4-5-9-20(27)15-19-8-6-7-18(14-19)12-13-28-16-23(32)21-10-11-22(31)25-26(21)33-24(17-30)29-25;;/h6-8,10-11,14,17,20,23-24,28-29,31-32H,2-5,9,12-13,15-16,27H2,1H3;2*1H/t20?,23-,24?;;/m0../s1. The smallest absolute Gasteiger partial charge is 0.152 e. The zero-order valence-electron chi connectivity index (χ0n) is 20.2. The van der Waals surface area contributed by atoms with E-state index in [1.807, 2.05) is 0 Å². The van der Waals surface area contributed by atoms with E-state index in [1.54, 1.807) is 12.1 Å². The zero-order valence-corrected chi connectivity index (χ0v) is 22.7. The molecule has 1 aliphatic heterocycles. The number of thioether (sulfide) groups is 1. The molecule has 0 spiro atoms. The highest BCUT2D eigenvalue weighted by atomic mass is 35.5. The SMILES string of the molecule is CCCCCCC(N)Cc1cccc(CCNC[C@H](O)c2ccc(O)c3c2SC(C=O)N3)c1.Cl.Cl. The number of hydrogen-bond acceptors (Lipinski definition) is 7. The fourth-order valence-corrected chi connectivity index (χ4v) is 5.32. The van der Waals surface area contributed by atoms with Gasteiger partial charge in [-0.25, -0.2) is 0 Å². The van der Waals surface area contributed by atoms with E-state index in [9.17, 15) is 15.0 Å². The molecule has 3 rings (SSSR count). The molecule has 1 heterocycles. The molecule has 1 aliphatic rings. The Morgan fingerprint density at radius 3 is 2.69 bits per heavy atom. The molecule has 6 N–H and O–H groups in total. The summed E-state index contributed by atoms with van der Waals surface area (Å²) in [6.45, 7) is 3.36. The average molecular weight is 545 g/mol. The number of aromatic hydroxyl groups is 1. The number of nitrogens with two attached hydrogens (primary N) is 1. The molecule has 2 aromatic rings. The summed E-state index contributed by atoms with van der Waals surface area (Å²) in [5, 5.41) is 26.6. The molecule has 6 nitrogen and oxygen atoms in total. The van der Waals surface area contributed by atoms with Gasteiger partial charge in [-0.3, -0.25) is 0 Å². The number of aliphatic hydroxyl groups excluding tert-OH is 1. The second-order valence-corrected chi connectivity index (χ2v) is 9.95. The van der Waals surface area contributed by atoms with Gasteiger partial charge in [-0.1, -0.05) is 74.7 Å². The Kier molecular flexibility index (Phi) is 14.7. The van der Waals surface area contributed by atoms with Gasteiger partial charge in [0.15, 0.2) is 6.29 Å². The number of unbranched alkanes of at least 4 members (excludes halogenated alkanes) is 3. The minimum atomic E-state index is -0.726. The highest BCUT2D eigenvalue weighted by Gasteiger charge is 2.28. The molecule has 0 amide bonds. The fraction of sp³-hybridized carbons (Fsp3) is 0.500. The van der Waals surface area contributed by atoms with Crippen molar-refractivity contribution >= 4 is 48.5 Å². The molecule has 0 saturated carbocycles. The van der Waals surface area contributed by atoms with Crippen molar-refractivity contribution < 1.29 is 15.0 Å². The molecule has 0 aromatic heterocycles. The second kappa shape index (κ2) is 16.3. The van der Waals surface area contributed by atoms with E-state index in [4.69, 9.17) is 5.73 Å². The number of fused-ring (bicyclic) bond motifs is 1. The minimum absolute atomic E-state index is 0. The summed E-state index contributed by atoms with van der Waals surface area (Å²) in [6, 6.07) is 12.1. The highest BCUT2D eigenvalue weighted by Crippen LogP contribution is 2.46. The lowest BCUT2D eigenvalue weighted by molar-refractivity contribution is -0.107. The Balaban J connectivity index is 0.00000306. The first kappa shape index (κ1) is 31.5. The Labute approximate surface area is 225 Å². The number of halogens is 2. The largest absolute Gasteiger partial charge is 0.506 e. The third-order valence-electron chi connectivity index (χ3n) is 6.03. The highest BCUT2D eigenvalue weighted by molar-refractivity contribution is 8.01. The lowest BCUT2D eigenvalue weighted by Gasteiger charge is -2.16. The first-order valence-electron chi connectivity index (χ1n) is 12.0. The molecule has 9 heteroatoms. The number of carbonyl (C=O) groups excluding carboxylic acids is 1.